The molecule has 0 aromatic rings. The standard InChI is InChI=1S/C6H13N3O/c1-10-9-6-2-3-8-4-5(6)7/h5,8H,2-4,7H2,1H3/b9-6+. The Morgan fingerprint density at radius 3 is 3.20 bits per heavy atom. The molecule has 1 aliphatic rings. The molecule has 0 amide bonds. The molecule has 0 saturated carbocycles. The van der Waals surface area contributed by atoms with Crippen molar-refractivity contribution in [1.29, 1.82) is 0 Å². The number of hydrogen-bond acceptors (Lipinski definition) is 4. The first kappa shape index (κ1) is 7.50. The van der Waals surface area contributed by atoms with Gasteiger partial charge < -0.3 is 15.9 Å². The van der Waals surface area contributed by atoms with Gasteiger partial charge in [0, 0.05) is 19.5 Å². The van der Waals surface area contributed by atoms with Crippen LogP contribution in [0.1, 0.15) is 6.42 Å². The van der Waals surface area contributed by atoms with Crippen molar-refractivity contribution in [2.24, 2.45) is 10.9 Å². The van der Waals surface area contributed by atoms with E-state index in [4.69, 9.17) is 5.73 Å². The van der Waals surface area contributed by atoms with Crippen LogP contribution in [0.5, 0.6) is 0 Å². The van der Waals surface area contributed by atoms with Crippen molar-refractivity contribution in [1.82, 2.24) is 5.32 Å². The molecule has 0 aromatic heterocycles. The molecule has 4 nitrogen and oxygen atoms in total. The SMILES string of the molecule is CO/N=C1\CCNCC1N. The van der Waals surface area contributed by atoms with Crippen LogP contribution in [0.3, 0.4) is 0 Å². The summed E-state index contributed by atoms with van der Waals surface area (Å²) in [6.07, 6.45) is 0.898. The van der Waals surface area contributed by atoms with E-state index in [2.05, 4.69) is 15.3 Å². The predicted molar refractivity (Wildman–Crippen MR) is 39.9 cm³/mol. The number of nitrogens with two attached hydrogens (primary N) is 1. The molecular weight excluding hydrogens is 130 g/mol. The molecule has 10 heavy (non-hydrogen) atoms. The van der Waals surface area contributed by atoms with Gasteiger partial charge >= 0.3 is 0 Å². The van der Waals surface area contributed by atoms with Gasteiger partial charge in [0.25, 0.3) is 0 Å². The highest BCUT2D eigenvalue weighted by atomic mass is 16.6. The summed E-state index contributed by atoms with van der Waals surface area (Å²) >= 11 is 0. The molecule has 1 aliphatic heterocycles. The third-order valence-corrected chi connectivity index (χ3v) is 1.56. The Morgan fingerprint density at radius 1 is 1.80 bits per heavy atom. The molecule has 1 heterocycles. The molecule has 1 unspecified atom stereocenters. The Kier molecular flexibility index (Phi) is 2.65. The van der Waals surface area contributed by atoms with Gasteiger partial charge in [-0.2, -0.15) is 0 Å². The minimum absolute atomic E-state index is 0.0358. The lowest BCUT2D eigenvalue weighted by molar-refractivity contribution is 0.210. The van der Waals surface area contributed by atoms with Crippen LogP contribution in [0.4, 0.5) is 0 Å². The van der Waals surface area contributed by atoms with E-state index in [-0.39, 0.29) is 6.04 Å². The van der Waals surface area contributed by atoms with E-state index in [9.17, 15) is 0 Å². The molecule has 1 atom stereocenters. The summed E-state index contributed by atoms with van der Waals surface area (Å²) < 4.78 is 0. The number of nitrogens with zero attached hydrogens (tertiary/aromatic N) is 1. The summed E-state index contributed by atoms with van der Waals surface area (Å²) in [5.41, 5.74) is 6.65. The quantitative estimate of drug-likeness (QED) is 0.478. The van der Waals surface area contributed by atoms with Crippen molar-refractivity contribution in [2.75, 3.05) is 20.2 Å². The van der Waals surface area contributed by atoms with Crippen LogP contribution >= 0.6 is 0 Å². The summed E-state index contributed by atoms with van der Waals surface area (Å²) in [6.45, 7) is 1.76. The second-order valence-electron chi connectivity index (χ2n) is 2.33. The van der Waals surface area contributed by atoms with Crippen LogP contribution in [0.2, 0.25) is 0 Å². The average Bonchev–Trinajstić information content (AvgIpc) is 1.94. The fraction of sp³-hybridized carbons (Fsp3) is 0.833. The number of rotatable bonds is 1. The van der Waals surface area contributed by atoms with Gasteiger partial charge in [-0.05, 0) is 0 Å². The van der Waals surface area contributed by atoms with E-state index in [1.807, 2.05) is 0 Å². The third-order valence-electron chi connectivity index (χ3n) is 1.56. The summed E-state index contributed by atoms with van der Waals surface area (Å²) in [5, 5.41) is 6.98. The molecule has 0 spiro atoms. The van der Waals surface area contributed by atoms with Crippen molar-refractivity contribution >= 4 is 5.71 Å². The largest absolute Gasteiger partial charge is 0.399 e. The van der Waals surface area contributed by atoms with Crippen molar-refractivity contribution < 1.29 is 4.84 Å². The normalized spacial score (nSPS) is 30.6. The molecule has 0 aromatic carbocycles. The van der Waals surface area contributed by atoms with E-state index in [0.29, 0.717) is 0 Å². The van der Waals surface area contributed by atoms with Crippen LogP contribution in [-0.4, -0.2) is 32.0 Å². The summed E-state index contributed by atoms with van der Waals surface area (Å²) in [6, 6.07) is 0.0358. The van der Waals surface area contributed by atoms with Gasteiger partial charge in [0.2, 0.25) is 0 Å². The predicted octanol–water partition coefficient (Wildman–Crippen LogP) is -0.691. The van der Waals surface area contributed by atoms with Crippen LogP contribution in [0.25, 0.3) is 0 Å². The van der Waals surface area contributed by atoms with Gasteiger partial charge in [-0.25, -0.2) is 0 Å². The smallest absolute Gasteiger partial charge is 0.106 e. The van der Waals surface area contributed by atoms with Crippen molar-refractivity contribution in [2.45, 2.75) is 12.5 Å². The first-order valence-corrected chi connectivity index (χ1v) is 3.41. The molecule has 0 radical (unpaired) electrons. The zero-order chi connectivity index (χ0) is 7.40. The molecule has 0 bridgehead atoms. The monoisotopic (exact) mass is 143 g/mol. The second kappa shape index (κ2) is 3.53. The highest BCUT2D eigenvalue weighted by Crippen LogP contribution is 1.96. The van der Waals surface area contributed by atoms with Crippen molar-refractivity contribution in [3.8, 4) is 0 Å². The Bertz CT molecular complexity index is 135. The molecule has 1 rings (SSSR count). The zero-order valence-electron chi connectivity index (χ0n) is 6.13. The minimum Gasteiger partial charge on any atom is -0.399 e. The Hall–Kier alpha value is -0.610. The maximum Gasteiger partial charge on any atom is 0.106 e. The topological polar surface area (TPSA) is 59.6 Å². The van der Waals surface area contributed by atoms with E-state index in [1.165, 1.54) is 0 Å². The first-order valence-electron chi connectivity index (χ1n) is 3.41. The fourth-order valence-electron chi connectivity index (χ4n) is 1.01. The molecule has 3 N–H and O–H groups in total. The number of hydrogen-bond donors (Lipinski definition) is 2. The Morgan fingerprint density at radius 2 is 2.60 bits per heavy atom. The summed E-state index contributed by atoms with van der Waals surface area (Å²) in [7, 11) is 1.54. The van der Waals surface area contributed by atoms with Crippen LogP contribution in [0, 0.1) is 0 Å². The van der Waals surface area contributed by atoms with Gasteiger partial charge in [0.15, 0.2) is 0 Å². The van der Waals surface area contributed by atoms with Crippen molar-refractivity contribution in [3.63, 3.8) is 0 Å². The number of oxime groups is 1. The lowest BCUT2D eigenvalue weighted by Crippen LogP contribution is -2.46. The molecule has 58 valence electrons. The van der Waals surface area contributed by atoms with Crippen LogP contribution < -0.4 is 11.1 Å². The Labute approximate surface area is 60.4 Å². The summed E-state index contributed by atoms with van der Waals surface area (Å²) in [4.78, 5) is 4.63. The fourth-order valence-corrected chi connectivity index (χ4v) is 1.01. The van der Waals surface area contributed by atoms with Gasteiger partial charge in [0.05, 0.1) is 11.8 Å². The van der Waals surface area contributed by atoms with E-state index < -0.39 is 0 Å². The lowest BCUT2D eigenvalue weighted by Gasteiger charge is -2.20. The number of nitrogens with one attached hydrogen (secondary N) is 1. The molecule has 1 saturated heterocycles. The zero-order valence-corrected chi connectivity index (χ0v) is 6.13. The van der Waals surface area contributed by atoms with Crippen LogP contribution in [-0.2, 0) is 4.84 Å². The molecular formula is C6H13N3O. The van der Waals surface area contributed by atoms with Crippen LogP contribution in [0.15, 0.2) is 5.16 Å². The number of piperidine rings is 1. The van der Waals surface area contributed by atoms with E-state index in [1.54, 1.807) is 7.11 Å². The van der Waals surface area contributed by atoms with E-state index in [0.717, 1.165) is 25.2 Å². The first-order chi connectivity index (χ1) is 4.84. The highest BCUT2D eigenvalue weighted by Gasteiger charge is 2.15. The molecule has 4 heteroatoms. The van der Waals surface area contributed by atoms with Gasteiger partial charge in [-0.3, -0.25) is 0 Å². The average molecular weight is 143 g/mol. The van der Waals surface area contributed by atoms with E-state index >= 15 is 0 Å². The molecule has 0 aliphatic carbocycles. The Balaban J connectivity index is 2.47. The maximum absolute atomic E-state index is 5.69. The molecule has 1 fully saturated rings. The van der Waals surface area contributed by atoms with Gasteiger partial charge in [0.1, 0.15) is 7.11 Å². The third kappa shape index (κ3) is 1.68. The lowest BCUT2D eigenvalue weighted by atomic mass is 10.1. The highest BCUT2D eigenvalue weighted by molar-refractivity contribution is 5.90. The minimum atomic E-state index is 0.0358. The maximum atomic E-state index is 5.69. The van der Waals surface area contributed by atoms with Crippen molar-refractivity contribution in [3.05, 3.63) is 0 Å². The van der Waals surface area contributed by atoms with Gasteiger partial charge in [-0.15, -0.1) is 0 Å². The second-order valence-corrected chi connectivity index (χ2v) is 2.33. The summed E-state index contributed by atoms with van der Waals surface area (Å²) in [5.74, 6) is 0. The van der Waals surface area contributed by atoms with Gasteiger partial charge in [-0.1, -0.05) is 5.16 Å².